The van der Waals surface area contributed by atoms with Crippen molar-refractivity contribution in [3.8, 4) is 0 Å². The van der Waals surface area contributed by atoms with E-state index in [0.717, 1.165) is 17.5 Å². The lowest BCUT2D eigenvalue weighted by Gasteiger charge is -2.05. The van der Waals surface area contributed by atoms with Gasteiger partial charge in [0.05, 0.1) is 6.54 Å². The Labute approximate surface area is 88.7 Å². The molecular weight excluding hydrogens is 188 g/mol. The molecule has 0 radical (unpaired) electrons. The Hall–Kier alpha value is -1.64. The molecule has 3 heteroatoms. The van der Waals surface area contributed by atoms with Crippen LogP contribution in [0.3, 0.4) is 0 Å². The number of carbonyl (C=O) groups excluding carboxylic acids is 1. The van der Waals surface area contributed by atoms with E-state index < -0.39 is 0 Å². The maximum Gasteiger partial charge on any atom is 0.149 e. The summed E-state index contributed by atoms with van der Waals surface area (Å²) in [6, 6.07) is 6.04. The molecule has 0 aliphatic carbocycles. The smallest absolute Gasteiger partial charge is 0.149 e. The van der Waals surface area contributed by atoms with Gasteiger partial charge >= 0.3 is 0 Å². The van der Waals surface area contributed by atoms with Gasteiger partial charge in [-0.15, -0.1) is 0 Å². The van der Waals surface area contributed by atoms with Gasteiger partial charge in [-0.25, -0.2) is 4.98 Å². The number of nitrogens with zero attached hydrogens (tertiary/aromatic N) is 2. The summed E-state index contributed by atoms with van der Waals surface area (Å²) in [6.45, 7) is 4.11. The first-order valence-electron chi connectivity index (χ1n) is 5.15. The number of ketones is 1. The van der Waals surface area contributed by atoms with Crippen LogP contribution in [0.25, 0.3) is 11.0 Å². The van der Waals surface area contributed by atoms with Crippen molar-refractivity contribution in [1.82, 2.24) is 9.55 Å². The number of hydrogen-bond donors (Lipinski definition) is 0. The van der Waals surface area contributed by atoms with Crippen LogP contribution in [0.4, 0.5) is 0 Å². The van der Waals surface area contributed by atoms with Gasteiger partial charge in [0.2, 0.25) is 0 Å². The van der Waals surface area contributed by atoms with E-state index in [1.54, 1.807) is 13.1 Å². The number of rotatable bonds is 3. The molecule has 2 heterocycles. The number of Topliss-reactive ketones (excluding diaryl/α,β-unsaturated/α-hetero) is 1. The Morgan fingerprint density at radius 2 is 2.33 bits per heavy atom. The van der Waals surface area contributed by atoms with E-state index in [2.05, 4.69) is 18.0 Å². The molecule has 0 N–H and O–H groups in total. The van der Waals surface area contributed by atoms with Crippen molar-refractivity contribution in [1.29, 1.82) is 0 Å². The zero-order valence-corrected chi connectivity index (χ0v) is 9.03. The van der Waals surface area contributed by atoms with Crippen LogP contribution in [0.1, 0.15) is 19.5 Å². The molecule has 78 valence electrons. The predicted octanol–water partition coefficient (Wildman–Crippen LogP) is 2.19. The molecular formula is C12H14N2O. The van der Waals surface area contributed by atoms with Crippen LogP contribution in [0.2, 0.25) is 0 Å². The zero-order chi connectivity index (χ0) is 10.8. The summed E-state index contributed by atoms with van der Waals surface area (Å²) in [4.78, 5) is 15.5. The topological polar surface area (TPSA) is 34.9 Å². The SMILES string of the molecule is CCc1cc2cccnc2n1CC(C)=O. The van der Waals surface area contributed by atoms with Gasteiger partial charge in [-0.05, 0) is 31.5 Å². The van der Waals surface area contributed by atoms with Gasteiger partial charge < -0.3 is 4.57 Å². The molecule has 2 aromatic heterocycles. The van der Waals surface area contributed by atoms with Crippen molar-refractivity contribution in [2.75, 3.05) is 0 Å². The highest BCUT2D eigenvalue weighted by Crippen LogP contribution is 2.17. The molecule has 2 rings (SSSR count). The zero-order valence-electron chi connectivity index (χ0n) is 9.03. The minimum atomic E-state index is 0.160. The molecule has 2 aromatic rings. The molecule has 0 spiro atoms. The van der Waals surface area contributed by atoms with Crippen LogP contribution >= 0.6 is 0 Å². The van der Waals surface area contributed by atoms with E-state index in [1.807, 2.05) is 16.7 Å². The molecule has 0 atom stereocenters. The number of aryl methyl sites for hydroxylation is 1. The number of aromatic nitrogens is 2. The molecule has 0 unspecified atom stereocenters. The average molecular weight is 202 g/mol. The molecule has 0 saturated heterocycles. The van der Waals surface area contributed by atoms with Crippen molar-refractivity contribution in [2.24, 2.45) is 0 Å². The first kappa shape index (κ1) is 9.90. The molecule has 0 aliphatic heterocycles. The Bertz CT molecular complexity index is 499. The van der Waals surface area contributed by atoms with Crippen LogP contribution < -0.4 is 0 Å². The fourth-order valence-electron chi connectivity index (χ4n) is 1.83. The fraction of sp³-hybridized carbons (Fsp3) is 0.333. The summed E-state index contributed by atoms with van der Waals surface area (Å²) in [5.41, 5.74) is 2.07. The highest BCUT2D eigenvalue weighted by Gasteiger charge is 2.08. The van der Waals surface area contributed by atoms with Gasteiger partial charge in [-0.3, -0.25) is 4.79 Å². The minimum absolute atomic E-state index is 0.160. The standard InChI is InChI=1S/C12H14N2O/c1-3-11-7-10-5-4-6-13-12(10)14(11)8-9(2)15/h4-7H,3,8H2,1-2H3. The number of carbonyl (C=O) groups is 1. The van der Waals surface area contributed by atoms with Crippen LogP contribution in [0.15, 0.2) is 24.4 Å². The monoisotopic (exact) mass is 202 g/mol. The third-order valence-electron chi connectivity index (χ3n) is 2.48. The molecule has 0 aliphatic rings. The molecule has 0 saturated carbocycles. The molecule has 0 fully saturated rings. The highest BCUT2D eigenvalue weighted by molar-refractivity contribution is 5.81. The van der Waals surface area contributed by atoms with Gasteiger partial charge in [0.25, 0.3) is 0 Å². The third kappa shape index (κ3) is 1.77. The van der Waals surface area contributed by atoms with Gasteiger partial charge in [-0.2, -0.15) is 0 Å². The Kier molecular flexibility index (Phi) is 2.54. The Morgan fingerprint density at radius 1 is 1.53 bits per heavy atom. The second-order valence-electron chi connectivity index (χ2n) is 3.69. The van der Waals surface area contributed by atoms with Gasteiger partial charge in [0, 0.05) is 17.3 Å². The maximum absolute atomic E-state index is 11.2. The van der Waals surface area contributed by atoms with E-state index in [0.29, 0.717) is 6.54 Å². The highest BCUT2D eigenvalue weighted by atomic mass is 16.1. The van der Waals surface area contributed by atoms with Crippen molar-refractivity contribution in [3.63, 3.8) is 0 Å². The largest absolute Gasteiger partial charge is 0.322 e. The lowest BCUT2D eigenvalue weighted by atomic mass is 10.3. The first-order chi connectivity index (χ1) is 7.22. The van der Waals surface area contributed by atoms with Crippen molar-refractivity contribution < 1.29 is 4.79 Å². The Morgan fingerprint density at radius 3 is 3.00 bits per heavy atom. The summed E-state index contributed by atoms with van der Waals surface area (Å²) >= 11 is 0. The van der Waals surface area contributed by atoms with E-state index in [1.165, 1.54) is 5.69 Å². The summed E-state index contributed by atoms with van der Waals surface area (Å²) < 4.78 is 2.00. The molecule has 15 heavy (non-hydrogen) atoms. The summed E-state index contributed by atoms with van der Waals surface area (Å²) in [5, 5.41) is 1.11. The van der Waals surface area contributed by atoms with E-state index in [9.17, 15) is 4.79 Å². The van der Waals surface area contributed by atoms with E-state index in [-0.39, 0.29) is 5.78 Å². The predicted molar refractivity (Wildman–Crippen MR) is 59.8 cm³/mol. The molecule has 0 aromatic carbocycles. The number of hydrogen-bond acceptors (Lipinski definition) is 2. The van der Waals surface area contributed by atoms with Crippen LogP contribution in [-0.2, 0) is 17.8 Å². The lowest BCUT2D eigenvalue weighted by Crippen LogP contribution is -2.09. The van der Waals surface area contributed by atoms with Crippen LogP contribution in [-0.4, -0.2) is 15.3 Å². The second-order valence-corrected chi connectivity index (χ2v) is 3.69. The molecule has 0 bridgehead atoms. The fourth-order valence-corrected chi connectivity index (χ4v) is 1.83. The van der Waals surface area contributed by atoms with Crippen LogP contribution in [0.5, 0.6) is 0 Å². The van der Waals surface area contributed by atoms with Crippen LogP contribution in [0, 0.1) is 0 Å². The average Bonchev–Trinajstić information content (AvgIpc) is 2.56. The first-order valence-corrected chi connectivity index (χ1v) is 5.15. The third-order valence-corrected chi connectivity index (χ3v) is 2.48. The Balaban J connectivity index is 2.61. The van der Waals surface area contributed by atoms with Crippen molar-refractivity contribution in [2.45, 2.75) is 26.8 Å². The quantitative estimate of drug-likeness (QED) is 0.764. The number of pyridine rings is 1. The number of fused-ring (bicyclic) bond motifs is 1. The lowest BCUT2D eigenvalue weighted by molar-refractivity contribution is -0.117. The summed E-state index contributed by atoms with van der Waals surface area (Å²) in [7, 11) is 0. The minimum Gasteiger partial charge on any atom is -0.322 e. The van der Waals surface area contributed by atoms with E-state index >= 15 is 0 Å². The molecule has 3 nitrogen and oxygen atoms in total. The van der Waals surface area contributed by atoms with Crippen molar-refractivity contribution in [3.05, 3.63) is 30.1 Å². The molecule has 0 amide bonds. The van der Waals surface area contributed by atoms with Gasteiger partial charge in [0.1, 0.15) is 11.4 Å². The summed E-state index contributed by atoms with van der Waals surface area (Å²) in [5.74, 6) is 0.160. The normalized spacial score (nSPS) is 10.8. The van der Waals surface area contributed by atoms with Gasteiger partial charge in [0.15, 0.2) is 0 Å². The summed E-state index contributed by atoms with van der Waals surface area (Å²) in [6.07, 6.45) is 2.68. The van der Waals surface area contributed by atoms with Gasteiger partial charge in [-0.1, -0.05) is 6.92 Å². The maximum atomic E-state index is 11.2. The van der Waals surface area contributed by atoms with Crippen molar-refractivity contribution >= 4 is 16.8 Å². The second kappa shape index (κ2) is 3.85. The van der Waals surface area contributed by atoms with E-state index in [4.69, 9.17) is 0 Å².